The van der Waals surface area contributed by atoms with Gasteiger partial charge in [-0.2, -0.15) is 0 Å². The van der Waals surface area contributed by atoms with Gasteiger partial charge in [0.2, 0.25) is 0 Å². The standard InChI is InChI=1S/C18H24N4OS/c1-13(22-9-7-14-4-2-3-5-15(14)11-22)10-20-18(23)16-12-24-17(21-16)6-8-19/h2-5,12-13H,6-11,19H2,1H3,(H,20,23). The molecule has 1 unspecified atom stereocenters. The van der Waals surface area contributed by atoms with Gasteiger partial charge in [-0.25, -0.2) is 4.98 Å². The van der Waals surface area contributed by atoms with Crippen LogP contribution in [0.15, 0.2) is 29.6 Å². The van der Waals surface area contributed by atoms with Gasteiger partial charge in [0, 0.05) is 37.5 Å². The molecule has 1 aliphatic heterocycles. The van der Waals surface area contributed by atoms with E-state index in [0.717, 1.165) is 30.9 Å². The summed E-state index contributed by atoms with van der Waals surface area (Å²) in [5.41, 5.74) is 8.86. The van der Waals surface area contributed by atoms with Crippen molar-refractivity contribution in [1.29, 1.82) is 0 Å². The van der Waals surface area contributed by atoms with Crippen molar-refractivity contribution in [1.82, 2.24) is 15.2 Å². The quantitative estimate of drug-likeness (QED) is 0.838. The van der Waals surface area contributed by atoms with E-state index in [1.165, 1.54) is 22.5 Å². The number of nitrogens with one attached hydrogen (secondary N) is 1. The lowest BCUT2D eigenvalue weighted by Crippen LogP contribution is -2.44. The molecular formula is C18H24N4OS. The first-order valence-corrected chi connectivity index (χ1v) is 9.29. The first-order chi connectivity index (χ1) is 11.7. The zero-order chi connectivity index (χ0) is 16.9. The second-order valence-corrected chi connectivity index (χ2v) is 7.16. The smallest absolute Gasteiger partial charge is 0.270 e. The molecule has 3 N–H and O–H groups in total. The predicted octanol–water partition coefficient (Wildman–Crippen LogP) is 1.82. The summed E-state index contributed by atoms with van der Waals surface area (Å²) in [7, 11) is 0. The lowest BCUT2D eigenvalue weighted by atomic mass is 9.99. The SMILES string of the molecule is CC(CNC(=O)c1csc(CCN)n1)N1CCc2ccccc2C1. The topological polar surface area (TPSA) is 71.2 Å². The van der Waals surface area contributed by atoms with Crippen molar-refractivity contribution in [3.63, 3.8) is 0 Å². The molecule has 0 saturated carbocycles. The first kappa shape index (κ1) is 17.1. The summed E-state index contributed by atoms with van der Waals surface area (Å²) in [6, 6.07) is 8.90. The molecule has 0 saturated heterocycles. The number of carbonyl (C=O) groups excluding carboxylic acids is 1. The van der Waals surface area contributed by atoms with Crippen molar-refractivity contribution in [2.75, 3.05) is 19.6 Å². The lowest BCUT2D eigenvalue weighted by molar-refractivity contribution is 0.0928. The van der Waals surface area contributed by atoms with Gasteiger partial charge in [-0.3, -0.25) is 9.69 Å². The second-order valence-electron chi connectivity index (χ2n) is 6.21. The normalized spacial score (nSPS) is 15.8. The van der Waals surface area contributed by atoms with Crippen LogP contribution in [0.1, 0.15) is 33.5 Å². The van der Waals surface area contributed by atoms with Gasteiger partial charge in [0.05, 0.1) is 5.01 Å². The fraction of sp³-hybridized carbons (Fsp3) is 0.444. The molecule has 0 bridgehead atoms. The number of thiazole rings is 1. The molecule has 0 fully saturated rings. The van der Waals surface area contributed by atoms with E-state index in [2.05, 4.69) is 46.4 Å². The Morgan fingerprint density at radius 1 is 1.42 bits per heavy atom. The van der Waals surface area contributed by atoms with Crippen LogP contribution in [0.5, 0.6) is 0 Å². The van der Waals surface area contributed by atoms with E-state index in [-0.39, 0.29) is 5.91 Å². The minimum Gasteiger partial charge on any atom is -0.349 e. The van der Waals surface area contributed by atoms with Crippen molar-refractivity contribution in [3.8, 4) is 0 Å². The second kappa shape index (κ2) is 7.88. The molecule has 1 amide bonds. The third-order valence-corrected chi connectivity index (χ3v) is 5.39. The predicted molar refractivity (Wildman–Crippen MR) is 97.2 cm³/mol. The Morgan fingerprint density at radius 3 is 3.00 bits per heavy atom. The summed E-state index contributed by atoms with van der Waals surface area (Å²) >= 11 is 1.49. The third kappa shape index (κ3) is 4.01. The highest BCUT2D eigenvalue weighted by atomic mass is 32.1. The minimum atomic E-state index is -0.0984. The van der Waals surface area contributed by atoms with Gasteiger partial charge in [0.15, 0.2) is 0 Å². The molecule has 5 nitrogen and oxygen atoms in total. The van der Waals surface area contributed by atoms with Crippen LogP contribution in [-0.2, 0) is 19.4 Å². The summed E-state index contributed by atoms with van der Waals surface area (Å²) in [5, 5.41) is 5.74. The van der Waals surface area contributed by atoms with Crippen LogP contribution in [0, 0.1) is 0 Å². The van der Waals surface area contributed by atoms with Crippen molar-refractivity contribution in [2.45, 2.75) is 32.4 Å². The summed E-state index contributed by atoms with van der Waals surface area (Å²) in [6.07, 6.45) is 1.80. The van der Waals surface area contributed by atoms with Crippen LogP contribution in [0.3, 0.4) is 0 Å². The average molecular weight is 344 g/mol. The van der Waals surface area contributed by atoms with E-state index in [1.807, 2.05) is 5.38 Å². The van der Waals surface area contributed by atoms with Crippen LogP contribution in [0.25, 0.3) is 0 Å². The van der Waals surface area contributed by atoms with Crippen LogP contribution >= 0.6 is 11.3 Å². The van der Waals surface area contributed by atoms with E-state index in [9.17, 15) is 4.79 Å². The Balaban J connectivity index is 1.52. The molecule has 2 heterocycles. The Labute approximate surface area is 146 Å². The molecule has 6 heteroatoms. The van der Waals surface area contributed by atoms with Gasteiger partial charge in [-0.1, -0.05) is 24.3 Å². The largest absolute Gasteiger partial charge is 0.349 e. The molecule has 0 spiro atoms. The van der Waals surface area contributed by atoms with Crippen molar-refractivity contribution >= 4 is 17.2 Å². The Bertz CT molecular complexity index is 700. The Kier molecular flexibility index (Phi) is 5.60. The highest BCUT2D eigenvalue weighted by Gasteiger charge is 2.21. The zero-order valence-corrected chi connectivity index (χ0v) is 14.8. The van der Waals surface area contributed by atoms with Crippen LogP contribution in [0.4, 0.5) is 0 Å². The number of amides is 1. The van der Waals surface area contributed by atoms with E-state index >= 15 is 0 Å². The third-order valence-electron chi connectivity index (χ3n) is 4.48. The first-order valence-electron chi connectivity index (χ1n) is 8.41. The minimum absolute atomic E-state index is 0.0984. The molecule has 1 aromatic carbocycles. The number of nitrogens with two attached hydrogens (primary N) is 1. The molecule has 1 atom stereocenters. The number of carbonyl (C=O) groups is 1. The zero-order valence-electron chi connectivity index (χ0n) is 14.0. The summed E-state index contributed by atoms with van der Waals surface area (Å²) in [5.74, 6) is -0.0984. The highest BCUT2D eigenvalue weighted by Crippen LogP contribution is 2.20. The maximum atomic E-state index is 12.2. The number of nitrogens with zero attached hydrogens (tertiary/aromatic N) is 2. The van der Waals surface area contributed by atoms with E-state index in [4.69, 9.17) is 5.73 Å². The average Bonchev–Trinajstić information content (AvgIpc) is 3.08. The maximum absolute atomic E-state index is 12.2. The van der Waals surface area contributed by atoms with Crippen LogP contribution < -0.4 is 11.1 Å². The number of hydrogen-bond donors (Lipinski definition) is 2. The molecule has 1 aliphatic rings. The highest BCUT2D eigenvalue weighted by molar-refractivity contribution is 7.09. The van der Waals surface area contributed by atoms with Gasteiger partial charge in [-0.15, -0.1) is 11.3 Å². The molecule has 24 heavy (non-hydrogen) atoms. The summed E-state index contributed by atoms with van der Waals surface area (Å²) < 4.78 is 0. The molecule has 0 radical (unpaired) electrons. The van der Waals surface area contributed by atoms with Crippen molar-refractivity contribution in [2.24, 2.45) is 5.73 Å². The monoisotopic (exact) mass is 344 g/mol. The molecule has 2 aromatic rings. The van der Waals surface area contributed by atoms with Gasteiger partial charge in [0.1, 0.15) is 5.69 Å². The summed E-state index contributed by atoms with van der Waals surface area (Å²) in [4.78, 5) is 19.0. The fourth-order valence-electron chi connectivity index (χ4n) is 3.01. The Morgan fingerprint density at radius 2 is 2.21 bits per heavy atom. The number of benzene rings is 1. The Hall–Kier alpha value is -1.76. The van der Waals surface area contributed by atoms with Crippen LogP contribution in [-0.4, -0.2) is 41.5 Å². The van der Waals surface area contributed by atoms with Crippen molar-refractivity contribution < 1.29 is 4.79 Å². The molecule has 128 valence electrons. The molecular weight excluding hydrogens is 320 g/mol. The van der Waals surface area contributed by atoms with Crippen molar-refractivity contribution in [3.05, 3.63) is 51.5 Å². The van der Waals surface area contributed by atoms with E-state index < -0.39 is 0 Å². The number of rotatable bonds is 6. The van der Waals surface area contributed by atoms with Gasteiger partial charge in [0.25, 0.3) is 5.91 Å². The van der Waals surface area contributed by atoms with Gasteiger partial charge >= 0.3 is 0 Å². The molecule has 0 aliphatic carbocycles. The number of hydrogen-bond acceptors (Lipinski definition) is 5. The van der Waals surface area contributed by atoms with E-state index in [0.29, 0.717) is 24.8 Å². The molecule has 3 rings (SSSR count). The van der Waals surface area contributed by atoms with E-state index in [1.54, 1.807) is 0 Å². The van der Waals surface area contributed by atoms with Crippen LogP contribution in [0.2, 0.25) is 0 Å². The van der Waals surface area contributed by atoms with Gasteiger partial charge < -0.3 is 11.1 Å². The lowest BCUT2D eigenvalue weighted by Gasteiger charge is -2.33. The fourth-order valence-corrected chi connectivity index (χ4v) is 3.80. The number of aromatic nitrogens is 1. The summed E-state index contributed by atoms with van der Waals surface area (Å²) in [6.45, 7) is 5.33. The maximum Gasteiger partial charge on any atom is 0.270 e. The molecule has 1 aromatic heterocycles. The number of fused-ring (bicyclic) bond motifs is 1. The van der Waals surface area contributed by atoms with Gasteiger partial charge in [-0.05, 0) is 31.0 Å².